The number of likely N-dealkylation sites (tertiary alicyclic amines) is 1. The number of rotatable bonds is 2. The molecule has 0 aromatic carbocycles. The van der Waals surface area contributed by atoms with E-state index in [2.05, 4.69) is 6.92 Å². The first-order chi connectivity index (χ1) is 7.88. The Morgan fingerprint density at radius 1 is 1.59 bits per heavy atom. The summed E-state index contributed by atoms with van der Waals surface area (Å²) in [5.41, 5.74) is 0.406. The van der Waals surface area contributed by atoms with E-state index >= 15 is 0 Å². The van der Waals surface area contributed by atoms with Gasteiger partial charge in [0.2, 0.25) is 0 Å². The molecule has 0 radical (unpaired) electrons. The molecular formula is C10H12ClNO3S2. The van der Waals surface area contributed by atoms with Crippen LogP contribution in [0.15, 0.2) is 15.7 Å². The van der Waals surface area contributed by atoms with Crippen molar-refractivity contribution >= 4 is 37.0 Å². The first-order valence-electron chi connectivity index (χ1n) is 5.20. The van der Waals surface area contributed by atoms with Crippen molar-refractivity contribution < 1.29 is 13.2 Å². The van der Waals surface area contributed by atoms with Crippen molar-refractivity contribution in [2.45, 2.75) is 17.6 Å². The Bertz CT molecular complexity index is 538. The normalized spacial score (nSPS) is 20.8. The fraction of sp³-hybridized carbons (Fsp3) is 0.500. The predicted octanol–water partition coefficient (Wildman–Crippen LogP) is 2.16. The zero-order chi connectivity index (χ0) is 12.6. The molecule has 0 aliphatic carbocycles. The Hall–Kier alpha value is -0.590. The Morgan fingerprint density at radius 2 is 2.29 bits per heavy atom. The molecule has 1 aliphatic rings. The van der Waals surface area contributed by atoms with Crippen LogP contribution in [0.2, 0.25) is 0 Å². The third-order valence-corrected chi connectivity index (χ3v) is 5.81. The van der Waals surface area contributed by atoms with E-state index in [9.17, 15) is 13.2 Å². The number of carbonyl (C=O) groups excluding carboxylic acids is 1. The second-order valence-electron chi connectivity index (χ2n) is 4.24. The number of thiophene rings is 1. The molecule has 0 N–H and O–H groups in total. The molecule has 1 aliphatic heterocycles. The van der Waals surface area contributed by atoms with Crippen molar-refractivity contribution in [1.29, 1.82) is 0 Å². The zero-order valence-corrected chi connectivity index (χ0v) is 11.6. The molecule has 7 heteroatoms. The average molecular weight is 294 g/mol. The van der Waals surface area contributed by atoms with E-state index in [0.29, 0.717) is 11.5 Å². The highest BCUT2D eigenvalue weighted by atomic mass is 35.7. The molecule has 0 spiro atoms. The lowest BCUT2D eigenvalue weighted by Gasteiger charge is -2.14. The molecule has 17 heavy (non-hydrogen) atoms. The van der Waals surface area contributed by atoms with Gasteiger partial charge in [0, 0.05) is 29.2 Å². The van der Waals surface area contributed by atoms with Crippen LogP contribution in [0.5, 0.6) is 0 Å². The van der Waals surface area contributed by atoms with E-state index in [4.69, 9.17) is 10.7 Å². The standard InChI is InChI=1S/C10H12ClNO3S2/c1-7-2-3-12(5-7)10(13)8-4-9(16-6-8)17(11,14)15/h4,6-7H,2-3,5H2,1H3. The molecule has 0 saturated carbocycles. The van der Waals surface area contributed by atoms with Crippen molar-refractivity contribution in [3.05, 3.63) is 17.0 Å². The minimum absolute atomic E-state index is 0.0229. The predicted molar refractivity (Wildman–Crippen MR) is 67.0 cm³/mol. The van der Waals surface area contributed by atoms with E-state index in [1.165, 1.54) is 6.07 Å². The van der Waals surface area contributed by atoms with Crippen LogP contribution in [-0.2, 0) is 9.05 Å². The molecule has 4 nitrogen and oxygen atoms in total. The molecule has 1 unspecified atom stereocenters. The molecule has 2 heterocycles. The number of carbonyl (C=O) groups is 1. The molecule has 94 valence electrons. The van der Waals surface area contributed by atoms with Crippen molar-refractivity contribution in [3.63, 3.8) is 0 Å². The fourth-order valence-electron chi connectivity index (χ4n) is 1.86. The van der Waals surface area contributed by atoms with Crippen molar-refractivity contribution in [1.82, 2.24) is 4.90 Å². The van der Waals surface area contributed by atoms with Crippen molar-refractivity contribution in [3.8, 4) is 0 Å². The van der Waals surface area contributed by atoms with Crippen LogP contribution < -0.4 is 0 Å². The molecule has 1 amide bonds. The number of nitrogens with zero attached hydrogens (tertiary/aromatic N) is 1. The van der Waals surface area contributed by atoms with Crippen LogP contribution in [0.25, 0.3) is 0 Å². The number of halogens is 1. The summed E-state index contributed by atoms with van der Waals surface area (Å²) in [4.78, 5) is 13.8. The highest BCUT2D eigenvalue weighted by molar-refractivity contribution is 8.15. The van der Waals surface area contributed by atoms with Gasteiger partial charge in [0.15, 0.2) is 0 Å². The van der Waals surface area contributed by atoms with E-state index in [-0.39, 0.29) is 10.1 Å². The van der Waals surface area contributed by atoms with Gasteiger partial charge in [-0.2, -0.15) is 0 Å². The molecule has 1 saturated heterocycles. The van der Waals surface area contributed by atoms with Gasteiger partial charge >= 0.3 is 0 Å². The van der Waals surface area contributed by atoms with Gasteiger partial charge in [-0.1, -0.05) is 6.92 Å². The topological polar surface area (TPSA) is 54.5 Å². The minimum atomic E-state index is -3.73. The van der Waals surface area contributed by atoms with Gasteiger partial charge in [-0.25, -0.2) is 8.42 Å². The van der Waals surface area contributed by atoms with Gasteiger partial charge in [-0.3, -0.25) is 4.79 Å². The molecular weight excluding hydrogens is 282 g/mol. The van der Waals surface area contributed by atoms with E-state index in [1.54, 1.807) is 10.3 Å². The molecule has 1 atom stereocenters. The zero-order valence-electron chi connectivity index (χ0n) is 9.22. The van der Waals surface area contributed by atoms with E-state index < -0.39 is 9.05 Å². The van der Waals surface area contributed by atoms with Gasteiger partial charge in [-0.15, -0.1) is 11.3 Å². The molecule has 2 rings (SSSR count). The summed E-state index contributed by atoms with van der Waals surface area (Å²) < 4.78 is 22.2. The SMILES string of the molecule is CC1CCN(C(=O)c2csc(S(=O)(=O)Cl)c2)C1. The van der Waals surface area contributed by atoms with Crippen molar-refractivity contribution in [2.75, 3.05) is 13.1 Å². The van der Waals surface area contributed by atoms with Crippen molar-refractivity contribution in [2.24, 2.45) is 5.92 Å². The first-order valence-corrected chi connectivity index (χ1v) is 8.39. The van der Waals surface area contributed by atoms with Gasteiger partial charge in [0.05, 0.1) is 5.56 Å². The summed E-state index contributed by atoms with van der Waals surface area (Å²) in [6.07, 6.45) is 0.997. The number of hydrogen-bond acceptors (Lipinski definition) is 4. The smallest absolute Gasteiger partial charge is 0.270 e. The third-order valence-electron chi connectivity index (χ3n) is 2.77. The average Bonchev–Trinajstić information content (AvgIpc) is 2.83. The monoisotopic (exact) mass is 293 g/mol. The summed E-state index contributed by atoms with van der Waals surface area (Å²) in [5, 5.41) is 1.54. The highest BCUT2D eigenvalue weighted by Crippen LogP contribution is 2.26. The summed E-state index contributed by atoms with van der Waals surface area (Å²) in [7, 11) is 1.49. The van der Waals surface area contributed by atoms with Crippen LogP contribution in [0, 0.1) is 5.92 Å². The maximum absolute atomic E-state index is 12.0. The van der Waals surface area contributed by atoms with Gasteiger partial charge in [-0.05, 0) is 18.4 Å². The van der Waals surface area contributed by atoms with E-state index in [1.807, 2.05) is 0 Å². The van der Waals surface area contributed by atoms with Crippen LogP contribution in [0.1, 0.15) is 23.7 Å². The van der Waals surface area contributed by atoms with Crippen LogP contribution in [0.4, 0.5) is 0 Å². The summed E-state index contributed by atoms with van der Waals surface area (Å²) in [6.45, 7) is 3.56. The van der Waals surface area contributed by atoms with Gasteiger partial charge in [0.1, 0.15) is 4.21 Å². The Kier molecular flexibility index (Phi) is 3.47. The summed E-state index contributed by atoms with van der Waals surface area (Å²) in [6, 6.07) is 1.35. The highest BCUT2D eigenvalue weighted by Gasteiger charge is 2.25. The lowest BCUT2D eigenvalue weighted by Crippen LogP contribution is -2.28. The Morgan fingerprint density at radius 3 is 2.76 bits per heavy atom. The molecule has 1 aromatic rings. The molecule has 1 fully saturated rings. The van der Waals surface area contributed by atoms with Gasteiger partial charge < -0.3 is 4.90 Å². The quantitative estimate of drug-likeness (QED) is 0.785. The first kappa shape index (κ1) is 12.9. The fourth-order valence-corrected chi connectivity index (χ4v) is 3.80. The summed E-state index contributed by atoms with van der Waals surface area (Å²) >= 11 is 0.977. The number of hydrogen-bond donors (Lipinski definition) is 0. The lowest BCUT2D eigenvalue weighted by atomic mass is 10.2. The maximum Gasteiger partial charge on any atom is 0.270 e. The molecule has 1 aromatic heterocycles. The lowest BCUT2D eigenvalue weighted by molar-refractivity contribution is 0.0788. The number of amides is 1. The largest absolute Gasteiger partial charge is 0.338 e. The van der Waals surface area contributed by atoms with Crippen LogP contribution in [0.3, 0.4) is 0 Å². The summed E-state index contributed by atoms with van der Waals surface area (Å²) in [5.74, 6) is 0.394. The minimum Gasteiger partial charge on any atom is -0.338 e. The van der Waals surface area contributed by atoms with Crippen LogP contribution in [-0.4, -0.2) is 32.3 Å². The second kappa shape index (κ2) is 4.59. The maximum atomic E-state index is 12.0. The Labute approximate surface area is 109 Å². The van der Waals surface area contributed by atoms with E-state index in [0.717, 1.165) is 30.8 Å². The second-order valence-corrected chi connectivity index (χ2v) is 7.94. The van der Waals surface area contributed by atoms with Crippen LogP contribution >= 0.6 is 22.0 Å². The third kappa shape index (κ3) is 2.81. The van der Waals surface area contributed by atoms with Gasteiger partial charge in [0.25, 0.3) is 15.0 Å². The molecule has 0 bridgehead atoms. The Balaban J connectivity index is 2.18.